The minimum absolute atomic E-state index is 0.165. The normalized spacial score (nSPS) is 18.4. The number of anilines is 2. The monoisotopic (exact) mass is 369 g/mol. The van der Waals surface area contributed by atoms with Gasteiger partial charge in [0.05, 0.1) is 25.0 Å². The molecule has 1 saturated heterocycles. The van der Waals surface area contributed by atoms with E-state index in [0.29, 0.717) is 36.5 Å². The van der Waals surface area contributed by atoms with Crippen molar-refractivity contribution >= 4 is 33.2 Å². The third kappa shape index (κ3) is 5.17. The Morgan fingerprint density at radius 3 is 2.60 bits per heavy atom. The quantitative estimate of drug-likeness (QED) is 0.813. The van der Waals surface area contributed by atoms with Gasteiger partial charge in [0.25, 0.3) is 0 Å². The second kappa shape index (κ2) is 7.83. The maximum atomic E-state index is 12.6. The minimum Gasteiger partial charge on any atom is -0.495 e. The van der Waals surface area contributed by atoms with Crippen molar-refractivity contribution in [1.29, 1.82) is 0 Å². The van der Waals surface area contributed by atoms with E-state index in [4.69, 9.17) is 4.74 Å². The van der Waals surface area contributed by atoms with E-state index in [2.05, 4.69) is 10.6 Å². The number of rotatable bonds is 5. The first-order valence-electron chi connectivity index (χ1n) is 7.92. The molecular formula is C16H23N3O5S. The predicted octanol–water partition coefficient (Wildman–Crippen LogP) is 1.26. The van der Waals surface area contributed by atoms with E-state index in [1.165, 1.54) is 18.3 Å². The van der Waals surface area contributed by atoms with Crippen molar-refractivity contribution in [1.82, 2.24) is 4.31 Å². The first-order chi connectivity index (χ1) is 11.7. The smallest absolute Gasteiger partial charge is 0.228 e. The predicted molar refractivity (Wildman–Crippen MR) is 95.1 cm³/mol. The summed E-state index contributed by atoms with van der Waals surface area (Å²) in [5, 5.41) is 5.42. The van der Waals surface area contributed by atoms with Gasteiger partial charge in [0.2, 0.25) is 21.8 Å². The molecule has 25 heavy (non-hydrogen) atoms. The van der Waals surface area contributed by atoms with Gasteiger partial charge in [-0.25, -0.2) is 12.7 Å². The van der Waals surface area contributed by atoms with Crippen LogP contribution in [0.5, 0.6) is 5.75 Å². The molecule has 2 rings (SSSR count). The summed E-state index contributed by atoms with van der Waals surface area (Å²) in [6.07, 6.45) is 2.40. The molecule has 1 atom stereocenters. The molecule has 1 heterocycles. The highest BCUT2D eigenvalue weighted by molar-refractivity contribution is 7.88. The van der Waals surface area contributed by atoms with Crippen molar-refractivity contribution in [2.24, 2.45) is 5.92 Å². The molecular weight excluding hydrogens is 346 g/mol. The minimum atomic E-state index is -3.32. The lowest BCUT2D eigenvalue weighted by molar-refractivity contribution is -0.121. The van der Waals surface area contributed by atoms with Crippen molar-refractivity contribution < 1.29 is 22.7 Å². The molecule has 0 saturated carbocycles. The third-order valence-electron chi connectivity index (χ3n) is 4.00. The maximum Gasteiger partial charge on any atom is 0.228 e. The van der Waals surface area contributed by atoms with Crippen molar-refractivity contribution in [3.8, 4) is 5.75 Å². The molecule has 1 aromatic rings. The molecule has 2 N–H and O–H groups in total. The zero-order chi connectivity index (χ0) is 18.6. The summed E-state index contributed by atoms with van der Waals surface area (Å²) in [7, 11) is -1.84. The summed E-state index contributed by atoms with van der Waals surface area (Å²) in [6, 6.07) is 4.92. The van der Waals surface area contributed by atoms with Gasteiger partial charge in [0, 0.05) is 25.7 Å². The van der Waals surface area contributed by atoms with E-state index in [1.807, 2.05) is 0 Å². The Balaban J connectivity index is 2.14. The van der Waals surface area contributed by atoms with Crippen LogP contribution >= 0.6 is 0 Å². The number of hydrogen-bond donors (Lipinski definition) is 2. The zero-order valence-corrected chi connectivity index (χ0v) is 15.4. The van der Waals surface area contributed by atoms with Crippen LogP contribution in [0.1, 0.15) is 19.8 Å². The Bertz CT molecular complexity index is 763. The molecule has 2 amide bonds. The number of nitrogens with zero attached hydrogens (tertiary/aromatic N) is 1. The highest BCUT2D eigenvalue weighted by atomic mass is 32.2. The first kappa shape index (κ1) is 19.2. The molecule has 1 unspecified atom stereocenters. The van der Waals surface area contributed by atoms with Gasteiger partial charge in [-0.1, -0.05) is 0 Å². The third-order valence-corrected chi connectivity index (χ3v) is 5.27. The highest BCUT2D eigenvalue weighted by Crippen LogP contribution is 2.29. The van der Waals surface area contributed by atoms with Gasteiger partial charge < -0.3 is 15.4 Å². The van der Waals surface area contributed by atoms with Gasteiger partial charge in [-0.3, -0.25) is 9.59 Å². The highest BCUT2D eigenvalue weighted by Gasteiger charge is 2.30. The van der Waals surface area contributed by atoms with E-state index in [0.717, 1.165) is 6.26 Å². The molecule has 1 fully saturated rings. The van der Waals surface area contributed by atoms with Gasteiger partial charge in [-0.15, -0.1) is 0 Å². The number of carbonyl (C=O) groups excluding carboxylic acids is 2. The van der Waals surface area contributed by atoms with E-state index in [-0.39, 0.29) is 18.4 Å². The van der Waals surface area contributed by atoms with Crippen LogP contribution in [0.4, 0.5) is 11.4 Å². The number of ether oxygens (including phenoxy) is 1. The van der Waals surface area contributed by atoms with Gasteiger partial charge in [-0.2, -0.15) is 0 Å². The molecule has 0 spiro atoms. The fraction of sp³-hybridized carbons (Fsp3) is 0.500. The van der Waals surface area contributed by atoms with E-state index >= 15 is 0 Å². The number of carbonyl (C=O) groups is 2. The van der Waals surface area contributed by atoms with Crippen LogP contribution < -0.4 is 15.4 Å². The lowest BCUT2D eigenvalue weighted by Crippen LogP contribution is -2.43. The Hall–Kier alpha value is -2.13. The molecule has 9 heteroatoms. The molecule has 0 bridgehead atoms. The largest absolute Gasteiger partial charge is 0.495 e. The number of nitrogens with one attached hydrogen (secondary N) is 2. The SMILES string of the molecule is COc1ccc(NC(C)=O)cc1NC(=O)C1CCCN(S(C)(=O)=O)C1. The Morgan fingerprint density at radius 2 is 2.00 bits per heavy atom. The zero-order valence-electron chi connectivity index (χ0n) is 14.5. The number of piperidine rings is 1. The van der Waals surface area contributed by atoms with Crippen LogP contribution in [0.3, 0.4) is 0 Å². The summed E-state index contributed by atoms with van der Waals surface area (Å²) in [4.78, 5) is 23.8. The Kier molecular flexibility index (Phi) is 6.02. The Morgan fingerprint density at radius 1 is 1.28 bits per heavy atom. The molecule has 0 aromatic heterocycles. The van der Waals surface area contributed by atoms with Gasteiger partial charge in [0.1, 0.15) is 5.75 Å². The maximum absolute atomic E-state index is 12.6. The average Bonchev–Trinajstić information content (AvgIpc) is 2.54. The van der Waals surface area contributed by atoms with Crippen molar-refractivity contribution in [3.05, 3.63) is 18.2 Å². The van der Waals surface area contributed by atoms with Gasteiger partial charge in [0.15, 0.2) is 0 Å². The average molecular weight is 369 g/mol. The van der Waals surface area contributed by atoms with Crippen molar-refractivity contribution in [2.45, 2.75) is 19.8 Å². The fourth-order valence-electron chi connectivity index (χ4n) is 2.78. The molecule has 1 aromatic carbocycles. The van der Waals surface area contributed by atoms with E-state index in [9.17, 15) is 18.0 Å². The van der Waals surface area contributed by atoms with Gasteiger partial charge in [-0.05, 0) is 31.0 Å². The number of methoxy groups -OCH3 is 1. The lowest BCUT2D eigenvalue weighted by atomic mass is 9.98. The molecule has 0 radical (unpaired) electrons. The van der Waals surface area contributed by atoms with Crippen LogP contribution in [-0.2, 0) is 19.6 Å². The van der Waals surface area contributed by atoms with Crippen molar-refractivity contribution in [3.63, 3.8) is 0 Å². The first-order valence-corrected chi connectivity index (χ1v) is 9.77. The molecule has 1 aliphatic rings. The fourth-order valence-corrected chi connectivity index (χ4v) is 3.69. The Labute approximate surface area is 147 Å². The van der Waals surface area contributed by atoms with Crippen LogP contribution in [-0.4, -0.2) is 51.0 Å². The summed E-state index contributed by atoms with van der Waals surface area (Å²) >= 11 is 0. The molecule has 8 nitrogen and oxygen atoms in total. The van der Waals surface area contributed by atoms with Crippen LogP contribution in [0.25, 0.3) is 0 Å². The number of sulfonamides is 1. The summed E-state index contributed by atoms with van der Waals surface area (Å²) in [6.45, 7) is 1.99. The standard InChI is InChI=1S/C16H23N3O5S/c1-11(20)17-13-6-7-15(24-2)14(9-13)18-16(21)12-5-4-8-19(10-12)25(3,22)23/h6-7,9,12H,4-5,8,10H2,1-3H3,(H,17,20)(H,18,21). The summed E-state index contributed by atoms with van der Waals surface area (Å²) in [5.41, 5.74) is 0.959. The lowest BCUT2D eigenvalue weighted by Gasteiger charge is -2.30. The number of hydrogen-bond acceptors (Lipinski definition) is 5. The second-order valence-corrected chi connectivity index (χ2v) is 8.03. The summed E-state index contributed by atoms with van der Waals surface area (Å²) < 4.78 is 29.9. The van der Waals surface area contributed by atoms with E-state index < -0.39 is 15.9 Å². The van der Waals surface area contributed by atoms with Crippen LogP contribution in [0.15, 0.2) is 18.2 Å². The van der Waals surface area contributed by atoms with E-state index in [1.54, 1.807) is 18.2 Å². The number of amides is 2. The van der Waals surface area contributed by atoms with Gasteiger partial charge >= 0.3 is 0 Å². The van der Waals surface area contributed by atoms with Crippen molar-refractivity contribution in [2.75, 3.05) is 37.1 Å². The molecule has 138 valence electrons. The number of benzene rings is 1. The van der Waals surface area contributed by atoms with Crippen LogP contribution in [0, 0.1) is 5.92 Å². The van der Waals surface area contributed by atoms with Crippen LogP contribution in [0.2, 0.25) is 0 Å². The second-order valence-electron chi connectivity index (χ2n) is 6.05. The topological polar surface area (TPSA) is 105 Å². The molecule has 1 aliphatic heterocycles. The summed E-state index contributed by atoms with van der Waals surface area (Å²) in [5.74, 6) is -0.471. The molecule has 0 aliphatic carbocycles.